The summed E-state index contributed by atoms with van der Waals surface area (Å²) in [6.45, 7) is 0. The Morgan fingerprint density at radius 2 is 1.80 bits per heavy atom. The third kappa shape index (κ3) is 3.07. The largest absolute Gasteiger partial charge is 0.324 e. The number of nitrogens with one attached hydrogen (secondary N) is 2. The maximum Gasteiger partial charge on any atom is 0.246 e. The first-order chi connectivity index (χ1) is 9.74. The van der Waals surface area contributed by atoms with Gasteiger partial charge in [-0.15, -0.1) is 0 Å². The van der Waals surface area contributed by atoms with Crippen molar-refractivity contribution in [3.63, 3.8) is 0 Å². The Labute approximate surface area is 128 Å². The van der Waals surface area contributed by atoms with Gasteiger partial charge in [0.2, 0.25) is 5.91 Å². The van der Waals surface area contributed by atoms with Crippen molar-refractivity contribution in [3.8, 4) is 0 Å². The summed E-state index contributed by atoms with van der Waals surface area (Å²) in [4.78, 5) is 12.2. The molecule has 0 radical (unpaired) electrons. The lowest BCUT2D eigenvalue weighted by atomic mass is 9.95. The molecule has 0 spiro atoms. The van der Waals surface area contributed by atoms with Crippen LogP contribution in [0.15, 0.2) is 22.7 Å². The van der Waals surface area contributed by atoms with E-state index in [1.54, 1.807) is 0 Å². The molecule has 1 heterocycles. The van der Waals surface area contributed by atoms with Crippen LogP contribution in [0.1, 0.15) is 56.6 Å². The molecular formula is C16H21BrN2O. The summed E-state index contributed by atoms with van der Waals surface area (Å²) in [5, 5.41) is 6.56. The highest BCUT2D eigenvalue weighted by atomic mass is 79.9. The molecule has 1 aliphatic carbocycles. The highest BCUT2D eigenvalue weighted by Crippen LogP contribution is 2.34. The van der Waals surface area contributed by atoms with Gasteiger partial charge >= 0.3 is 0 Å². The first kappa shape index (κ1) is 14.1. The zero-order valence-electron chi connectivity index (χ0n) is 11.6. The molecule has 1 saturated carbocycles. The first-order valence-corrected chi connectivity index (χ1v) is 8.40. The van der Waals surface area contributed by atoms with E-state index in [4.69, 9.17) is 0 Å². The van der Waals surface area contributed by atoms with Crippen LogP contribution < -0.4 is 10.6 Å². The van der Waals surface area contributed by atoms with E-state index in [1.165, 1.54) is 44.9 Å². The van der Waals surface area contributed by atoms with Gasteiger partial charge in [0.1, 0.15) is 6.04 Å². The number of fused-ring (bicyclic) bond motifs is 1. The van der Waals surface area contributed by atoms with Gasteiger partial charge in [0, 0.05) is 21.8 Å². The minimum atomic E-state index is -0.188. The number of carbonyl (C=O) groups is 1. The van der Waals surface area contributed by atoms with Gasteiger partial charge in [0.05, 0.1) is 0 Å². The third-order valence-corrected chi connectivity index (χ3v) is 4.85. The number of anilines is 1. The fourth-order valence-electron chi connectivity index (χ4n) is 3.26. The molecule has 108 valence electrons. The van der Waals surface area contributed by atoms with Gasteiger partial charge < -0.3 is 5.32 Å². The second kappa shape index (κ2) is 6.27. The fraction of sp³-hybridized carbons (Fsp3) is 0.562. The average molecular weight is 337 g/mol. The quantitative estimate of drug-likeness (QED) is 0.851. The SMILES string of the molecule is O=C1Nc2ccc(Br)cc2C1NC1CCCCCCC1. The minimum Gasteiger partial charge on any atom is -0.324 e. The smallest absolute Gasteiger partial charge is 0.246 e. The molecule has 0 bridgehead atoms. The summed E-state index contributed by atoms with van der Waals surface area (Å²) < 4.78 is 1.03. The van der Waals surface area contributed by atoms with E-state index < -0.39 is 0 Å². The molecule has 1 atom stereocenters. The second-order valence-electron chi connectivity index (χ2n) is 5.86. The Bertz CT molecular complexity index is 495. The molecule has 1 unspecified atom stereocenters. The predicted molar refractivity (Wildman–Crippen MR) is 84.8 cm³/mol. The molecule has 3 nitrogen and oxygen atoms in total. The monoisotopic (exact) mass is 336 g/mol. The van der Waals surface area contributed by atoms with Gasteiger partial charge in [-0.05, 0) is 31.0 Å². The van der Waals surface area contributed by atoms with Crippen LogP contribution in [0.3, 0.4) is 0 Å². The standard InChI is InChI=1S/C16H21BrN2O/c17-11-8-9-14-13(10-11)15(16(20)19-14)18-12-6-4-2-1-3-5-7-12/h8-10,12,15,18H,1-7H2,(H,19,20). The van der Waals surface area contributed by atoms with Gasteiger partial charge in [-0.25, -0.2) is 0 Å². The van der Waals surface area contributed by atoms with Gasteiger partial charge in [-0.3, -0.25) is 10.1 Å². The summed E-state index contributed by atoms with van der Waals surface area (Å²) in [6, 6.07) is 6.27. The molecule has 1 aliphatic heterocycles. The number of halogens is 1. The molecule has 0 aromatic heterocycles. The second-order valence-corrected chi connectivity index (χ2v) is 6.78. The van der Waals surface area contributed by atoms with Crippen molar-refractivity contribution in [1.82, 2.24) is 5.32 Å². The summed E-state index contributed by atoms with van der Waals surface area (Å²) in [7, 11) is 0. The molecule has 1 aromatic carbocycles. The molecule has 1 fully saturated rings. The van der Waals surface area contributed by atoms with E-state index in [2.05, 4.69) is 26.6 Å². The van der Waals surface area contributed by atoms with Crippen LogP contribution in [0, 0.1) is 0 Å². The summed E-state index contributed by atoms with van der Waals surface area (Å²) in [5.74, 6) is 0.0835. The Hall–Kier alpha value is -0.870. The maximum absolute atomic E-state index is 12.2. The molecule has 2 aliphatic rings. The van der Waals surface area contributed by atoms with Crippen LogP contribution in [-0.4, -0.2) is 11.9 Å². The van der Waals surface area contributed by atoms with E-state index >= 15 is 0 Å². The Morgan fingerprint density at radius 3 is 2.55 bits per heavy atom. The number of benzene rings is 1. The Balaban J connectivity index is 1.73. The van der Waals surface area contributed by atoms with Gasteiger partial charge in [-0.2, -0.15) is 0 Å². The van der Waals surface area contributed by atoms with E-state index in [-0.39, 0.29) is 11.9 Å². The number of rotatable bonds is 2. The van der Waals surface area contributed by atoms with Gasteiger partial charge in [0.25, 0.3) is 0 Å². The van der Waals surface area contributed by atoms with E-state index in [0.717, 1.165) is 15.7 Å². The number of hydrogen-bond acceptors (Lipinski definition) is 2. The summed E-state index contributed by atoms with van der Waals surface area (Å²) in [6.07, 6.45) is 8.95. The van der Waals surface area contributed by atoms with Crippen molar-refractivity contribution in [2.45, 2.75) is 57.0 Å². The molecule has 1 aromatic rings. The molecule has 20 heavy (non-hydrogen) atoms. The summed E-state index contributed by atoms with van der Waals surface area (Å²) in [5.41, 5.74) is 2.02. The van der Waals surface area contributed by atoms with Crippen LogP contribution in [0.5, 0.6) is 0 Å². The molecular weight excluding hydrogens is 316 g/mol. The molecule has 1 amide bonds. The van der Waals surface area contributed by atoms with Crippen LogP contribution in [0.25, 0.3) is 0 Å². The fourth-order valence-corrected chi connectivity index (χ4v) is 3.64. The van der Waals surface area contributed by atoms with Crippen molar-refractivity contribution >= 4 is 27.5 Å². The maximum atomic E-state index is 12.2. The van der Waals surface area contributed by atoms with E-state index in [9.17, 15) is 4.79 Å². The number of carbonyl (C=O) groups excluding carboxylic acids is 1. The average Bonchev–Trinajstić information content (AvgIpc) is 2.68. The van der Waals surface area contributed by atoms with Crippen LogP contribution >= 0.6 is 15.9 Å². The Morgan fingerprint density at radius 1 is 1.10 bits per heavy atom. The van der Waals surface area contributed by atoms with E-state index in [0.29, 0.717) is 6.04 Å². The third-order valence-electron chi connectivity index (χ3n) is 4.35. The first-order valence-electron chi connectivity index (χ1n) is 7.60. The molecule has 3 rings (SSSR count). The number of hydrogen-bond donors (Lipinski definition) is 2. The lowest BCUT2D eigenvalue weighted by Crippen LogP contribution is -2.36. The highest BCUT2D eigenvalue weighted by Gasteiger charge is 2.32. The number of amides is 1. The lowest BCUT2D eigenvalue weighted by molar-refractivity contribution is -0.117. The molecule has 0 saturated heterocycles. The normalized spacial score (nSPS) is 23.9. The highest BCUT2D eigenvalue weighted by molar-refractivity contribution is 9.10. The summed E-state index contributed by atoms with van der Waals surface area (Å²) >= 11 is 3.49. The molecule has 2 N–H and O–H groups in total. The van der Waals surface area contributed by atoms with Crippen LogP contribution in [-0.2, 0) is 4.79 Å². The molecule has 4 heteroatoms. The minimum absolute atomic E-state index is 0.0835. The van der Waals surface area contributed by atoms with Crippen molar-refractivity contribution in [2.24, 2.45) is 0 Å². The van der Waals surface area contributed by atoms with Gasteiger partial charge in [-0.1, -0.05) is 48.0 Å². The van der Waals surface area contributed by atoms with Crippen molar-refractivity contribution in [1.29, 1.82) is 0 Å². The van der Waals surface area contributed by atoms with Crippen molar-refractivity contribution < 1.29 is 4.79 Å². The lowest BCUT2D eigenvalue weighted by Gasteiger charge is -2.24. The van der Waals surface area contributed by atoms with Crippen LogP contribution in [0.2, 0.25) is 0 Å². The van der Waals surface area contributed by atoms with Gasteiger partial charge in [0.15, 0.2) is 0 Å². The van der Waals surface area contributed by atoms with Crippen molar-refractivity contribution in [2.75, 3.05) is 5.32 Å². The van der Waals surface area contributed by atoms with Crippen molar-refractivity contribution in [3.05, 3.63) is 28.2 Å². The Kier molecular flexibility index (Phi) is 4.41. The zero-order valence-corrected chi connectivity index (χ0v) is 13.2. The zero-order chi connectivity index (χ0) is 13.9. The predicted octanol–water partition coefficient (Wildman–Crippen LogP) is 4.14. The topological polar surface area (TPSA) is 41.1 Å². The van der Waals surface area contributed by atoms with E-state index in [1.807, 2.05) is 18.2 Å². The van der Waals surface area contributed by atoms with Crippen LogP contribution in [0.4, 0.5) is 5.69 Å².